The third-order valence-corrected chi connectivity index (χ3v) is 6.78. The zero-order valence-corrected chi connectivity index (χ0v) is 18.8. The maximum atomic E-state index is 13.7. The maximum absolute atomic E-state index is 13.7. The fourth-order valence-electron chi connectivity index (χ4n) is 3.20. The fraction of sp³-hybridized carbons (Fsp3) is 0.409. The Morgan fingerprint density at radius 1 is 1.13 bits per heavy atom. The van der Waals surface area contributed by atoms with Gasteiger partial charge in [-0.3, -0.25) is 9.36 Å². The van der Waals surface area contributed by atoms with Crippen LogP contribution in [0.1, 0.15) is 28.7 Å². The van der Waals surface area contributed by atoms with Gasteiger partial charge >= 0.3 is 13.6 Å². The summed E-state index contributed by atoms with van der Waals surface area (Å²) in [6.07, 6.45) is -1.87. The van der Waals surface area contributed by atoms with Gasteiger partial charge < -0.3 is 18.9 Å². The number of hydrogen-bond acceptors (Lipinski definition) is 6. The van der Waals surface area contributed by atoms with Crippen molar-refractivity contribution in [3.05, 3.63) is 58.4 Å². The second-order valence-electron chi connectivity index (χ2n) is 7.26. The van der Waals surface area contributed by atoms with Crippen LogP contribution in [0.25, 0.3) is 11.1 Å². The van der Waals surface area contributed by atoms with Gasteiger partial charge in [0, 0.05) is 7.11 Å². The zero-order valence-electron chi connectivity index (χ0n) is 17.9. The Bertz CT molecular complexity index is 959. The normalized spacial score (nSPS) is 14.2. The lowest BCUT2D eigenvalue weighted by Gasteiger charge is -2.21. The molecule has 0 aliphatic rings. The zero-order chi connectivity index (χ0) is 22.5. The van der Waals surface area contributed by atoms with Crippen molar-refractivity contribution in [1.82, 2.24) is 0 Å². The number of aliphatic hydroxyl groups is 1. The molecule has 8 heteroatoms. The number of benzene rings is 2. The summed E-state index contributed by atoms with van der Waals surface area (Å²) in [5.74, 6) is -0.905. The summed E-state index contributed by atoms with van der Waals surface area (Å²) in [4.78, 5) is 11.3. The quantitative estimate of drug-likeness (QED) is 0.452. The van der Waals surface area contributed by atoms with E-state index in [1.54, 1.807) is 19.1 Å². The van der Waals surface area contributed by atoms with E-state index in [9.17, 15) is 18.9 Å². The number of ether oxygens (including phenoxy) is 1. The molecule has 0 saturated carbocycles. The van der Waals surface area contributed by atoms with Crippen LogP contribution in [0.2, 0.25) is 0 Å². The van der Waals surface area contributed by atoms with Crippen LogP contribution >= 0.6 is 7.60 Å². The van der Waals surface area contributed by atoms with Crippen LogP contribution in [0, 0.1) is 26.6 Å². The first-order valence-corrected chi connectivity index (χ1v) is 11.2. The summed E-state index contributed by atoms with van der Waals surface area (Å²) in [5.41, 5.74) is 4.91. The van der Waals surface area contributed by atoms with Gasteiger partial charge in [0.1, 0.15) is 5.82 Å². The molecule has 164 valence electrons. The number of rotatable bonds is 9. The Hall–Kier alpha value is -2.05. The summed E-state index contributed by atoms with van der Waals surface area (Å²) in [5, 5.41) is 10.0. The van der Waals surface area contributed by atoms with Gasteiger partial charge in [-0.1, -0.05) is 23.8 Å². The molecule has 0 aromatic heterocycles. The highest BCUT2D eigenvalue weighted by Gasteiger charge is 2.29. The molecule has 1 N–H and O–H groups in total. The van der Waals surface area contributed by atoms with E-state index in [0.29, 0.717) is 5.56 Å². The lowest BCUT2D eigenvalue weighted by molar-refractivity contribution is -0.142. The van der Waals surface area contributed by atoms with E-state index in [1.165, 1.54) is 20.3 Å². The molecule has 0 bridgehead atoms. The number of hydrogen-bond donors (Lipinski definition) is 1. The molecule has 30 heavy (non-hydrogen) atoms. The lowest BCUT2D eigenvalue weighted by Crippen LogP contribution is -2.20. The molecule has 2 aromatic carbocycles. The van der Waals surface area contributed by atoms with Gasteiger partial charge in [-0.05, 0) is 60.7 Å². The van der Waals surface area contributed by atoms with Gasteiger partial charge in [-0.25, -0.2) is 4.39 Å². The molecular formula is C22H28FO6P. The highest BCUT2D eigenvalue weighted by atomic mass is 31.2. The molecular weight excluding hydrogens is 410 g/mol. The van der Waals surface area contributed by atoms with Crippen LogP contribution < -0.4 is 0 Å². The summed E-state index contributed by atoms with van der Waals surface area (Å²) in [6.45, 7) is 5.53. The second-order valence-corrected chi connectivity index (χ2v) is 9.47. The van der Waals surface area contributed by atoms with Crippen molar-refractivity contribution < 1.29 is 32.6 Å². The number of esters is 1. The van der Waals surface area contributed by atoms with E-state index >= 15 is 0 Å². The average Bonchev–Trinajstić information content (AvgIpc) is 2.68. The van der Waals surface area contributed by atoms with Crippen LogP contribution in [0.5, 0.6) is 0 Å². The van der Waals surface area contributed by atoms with E-state index in [0.717, 1.165) is 27.8 Å². The Labute approximate surface area is 176 Å². The topological polar surface area (TPSA) is 82.1 Å². The molecule has 0 saturated heterocycles. The van der Waals surface area contributed by atoms with Gasteiger partial charge in [0.05, 0.1) is 32.4 Å². The highest BCUT2D eigenvalue weighted by molar-refractivity contribution is 7.53. The number of carbonyl (C=O) groups excluding carboxylic acids is 1. The summed E-state index contributed by atoms with van der Waals surface area (Å²) >= 11 is 0. The van der Waals surface area contributed by atoms with Gasteiger partial charge in [-0.2, -0.15) is 0 Å². The largest absolute Gasteiger partial charge is 0.469 e. The van der Waals surface area contributed by atoms with Crippen molar-refractivity contribution in [3.63, 3.8) is 0 Å². The molecule has 6 nitrogen and oxygen atoms in total. The Morgan fingerprint density at radius 2 is 1.83 bits per heavy atom. The number of aliphatic hydroxyl groups excluding tert-OH is 1. The molecule has 0 radical (unpaired) electrons. The van der Waals surface area contributed by atoms with Crippen LogP contribution in [0.4, 0.5) is 4.39 Å². The van der Waals surface area contributed by atoms with Gasteiger partial charge in [-0.15, -0.1) is 0 Å². The predicted octanol–water partition coefficient (Wildman–Crippen LogP) is 4.70. The van der Waals surface area contributed by atoms with Crippen LogP contribution in [0.15, 0.2) is 30.3 Å². The van der Waals surface area contributed by atoms with Crippen molar-refractivity contribution in [2.24, 2.45) is 0 Å². The molecule has 0 aliphatic heterocycles. The van der Waals surface area contributed by atoms with Crippen LogP contribution in [0.3, 0.4) is 0 Å². The minimum Gasteiger partial charge on any atom is -0.469 e. The molecule has 1 unspecified atom stereocenters. The van der Waals surface area contributed by atoms with E-state index in [4.69, 9.17) is 9.05 Å². The van der Waals surface area contributed by atoms with E-state index in [-0.39, 0.29) is 25.0 Å². The Balaban J connectivity index is 2.29. The molecule has 0 aliphatic carbocycles. The minimum atomic E-state index is -3.67. The predicted molar refractivity (Wildman–Crippen MR) is 113 cm³/mol. The van der Waals surface area contributed by atoms with Crippen molar-refractivity contribution in [1.29, 1.82) is 0 Å². The first-order chi connectivity index (χ1) is 14.1. The molecule has 0 amide bonds. The van der Waals surface area contributed by atoms with Crippen molar-refractivity contribution in [3.8, 4) is 11.1 Å². The fourth-order valence-corrected chi connectivity index (χ4v) is 4.53. The van der Waals surface area contributed by atoms with Crippen LogP contribution in [-0.4, -0.2) is 37.6 Å². The van der Waals surface area contributed by atoms with E-state index in [1.807, 2.05) is 26.0 Å². The Morgan fingerprint density at radius 3 is 2.43 bits per heavy atom. The third-order valence-electron chi connectivity index (χ3n) is 4.83. The molecule has 2 aromatic rings. The summed E-state index contributed by atoms with van der Waals surface area (Å²) < 4.78 is 41.9. The van der Waals surface area contributed by atoms with Crippen molar-refractivity contribution in [2.45, 2.75) is 39.9 Å². The third kappa shape index (κ3) is 6.22. The first kappa shape index (κ1) is 24.2. The standard InChI is InChI=1S/C22H28FO6P/c1-14-8-15(2)20(19(9-14)17-6-7-21(23)16(3)10-17)12-29-30(26,28-5)13-18(24)11-22(25)27-4/h6-10,18,24H,11-13H2,1-5H3/t18-,30?/m0/s1. The smallest absolute Gasteiger partial charge is 0.333 e. The number of halogens is 1. The number of methoxy groups -OCH3 is 1. The average molecular weight is 438 g/mol. The monoisotopic (exact) mass is 438 g/mol. The molecule has 0 heterocycles. The van der Waals surface area contributed by atoms with Gasteiger partial charge in [0.15, 0.2) is 0 Å². The molecule has 0 fully saturated rings. The van der Waals surface area contributed by atoms with Gasteiger partial charge in [0.25, 0.3) is 0 Å². The SMILES string of the molecule is COC(=O)C[C@H](O)CP(=O)(OC)OCc1c(C)cc(C)cc1-c1ccc(F)c(C)c1. The Kier molecular flexibility index (Phi) is 8.33. The van der Waals surface area contributed by atoms with E-state index < -0.39 is 19.7 Å². The molecule has 0 spiro atoms. The number of carbonyl (C=O) groups is 1. The summed E-state index contributed by atoms with van der Waals surface area (Å²) in [7, 11) is -1.22. The molecule has 2 rings (SSSR count). The van der Waals surface area contributed by atoms with Crippen molar-refractivity contribution in [2.75, 3.05) is 20.4 Å². The van der Waals surface area contributed by atoms with E-state index in [2.05, 4.69) is 4.74 Å². The highest BCUT2D eigenvalue weighted by Crippen LogP contribution is 2.49. The van der Waals surface area contributed by atoms with Crippen molar-refractivity contribution >= 4 is 13.6 Å². The number of aryl methyl sites for hydroxylation is 3. The second kappa shape index (κ2) is 10.3. The molecule has 2 atom stereocenters. The minimum absolute atomic E-state index is 0.0338. The maximum Gasteiger partial charge on any atom is 0.333 e. The lowest BCUT2D eigenvalue weighted by atomic mass is 9.93. The van der Waals surface area contributed by atoms with Crippen LogP contribution in [-0.2, 0) is 29.8 Å². The summed E-state index contributed by atoms with van der Waals surface area (Å²) in [6, 6.07) is 8.79. The van der Waals surface area contributed by atoms with Gasteiger partial charge in [0.2, 0.25) is 0 Å². The first-order valence-electron chi connectivity index (χ1n) is 9.49.